The topological polar surface area (TPSA) is 12.4 Å². The largest absolute Gasteiger partial charge is 0.170 e. The first-order chi connectivity index (χ1) is 6.20. The van der Waals surface area contributed by atoms with Gasteiger partial charge in [-0.1, -0.05) is 31.1 Å². The van der Waals surface area contributed by atoms with Crippen molar-refractivity contribution < 1.29 is 0 Å². The lowest BCUT2D eigenvalue weighted by atomic mass is 10.2. The summed E-state index contributed by atoms with van der Waals surface area (Å²) in [4.78, 5) is 0. The number of quaternary nitrogens is 1. The predicted octanol–water partition coefficient (Wildman–Crippen LogP) is 2.63. The number of fused-ring (bicyclic) bond motifs is 1. The first-order valence-corrected chi connectivity index (χ1v) is 4.69. The van der Waals surface area contributed by atoms with E-state index in [-0.39, 0.29) is 0 Å². The van der Waals surface area contributed by atoms with Gasteiger partial charge < -0.3 is 0 Å². The van der Waals surface area contributed by atoms with E-state index >= 15 is 0 Å². The average Bonchev–Trinajstić information content (AvgIpc) is 2.47. The molecule has 2 nitrogen and oxygen atoms in total. The molecule has 13 heavy (non-hydrogen) atoms. The Morgan fingerprint density at radius 3 is 2.31 bits per heavy atom. The summed E-state index contributed by atoms with van der Waals surface area (Å²) in [5.41, 5.74) is 2.50. The van der Waals surface area contributed by atoms with Gasteiger partial charge in [-0.25, -0.2) is 0 Å². The summed E-state index contributed by atoms with van der Waals surface area (Å²) in [5.74, 6) is 0. The van der Waals surface area contributed by atoms with Gasteiger partial charge in [0.15, 0.2) is 5.69 Å². The van der Waals surface area contributed by atoms with Crippen LogP contribution in [0, 0.1) is 0 Å². The Bertz CT molecular complexity index is 314. The Labute approximate surface area is 80.1 Å². The fourth-order valence-corrected chi connectivity index (χ4v) is 1.36. The van der Waals surface area contributed by atoms with E-state index in [1.807, 2.05) is 32.2 Å². The summed E-state index contributed by atoms with van der Waals surface area (Å²) in [6.45, 7) is 4.00. The molecule has 1 aromatic rings. The molecule has 2 rings (SSSR count). The van der Waals surface area contributed by atoms with Crippen LogP contribution in [0.25, 0.3) is 0 Å². The highest BCUT2D eigenvalue weighted by Crippen LogP contribution is 2.27. The molecule has 0 radical (unpaired) electrons. The second-order valence-corrected chi connectivity index (χ2v) is 3.20. The van der Waals surface area contributed by atoms with Gasteiger partial charge in [-0.15, -0.1) is 0 Å². The molecule has 0 aliphatic carbocycles. The van der Waals surface area contributed by atoms with Gasteiger partial charge in [-0.2, -0.15) is 4.59 Å². The Morgan fingerprint density at radius 2 is 1.69 bits per heavy atom. The van der Waals surface area contributed by atoms with Gasteiger partial charge in [-0.05, 0) is 6.07 Å². The quantitative estimate of drug-likeness (QED) is 0.540. The van der Waals surface area contributed by atoms with Crippen molar-refractivity contribution in [2.45, 2.75) is 13.8 Å². The molecule has 70 valence electrons. The monoisotopic (exact) mass is 177 g/mol. The van der Waals surface area contributed by atoms with Crippen LogP contribution in [0.1, 0.15) is 19.4 Å². The van der Waals surface area contributed by atoms with Gasteiger partial charge >= 0.3 is 0 Å². The van der Waals surface area contributed by atoms with E-state index in [0.717, 1.165) is 0 Å². The maximum absolute atomic E-state index is 4.35. The van der Waals surface area contributed by atoms with Crippen LogP contribution < -0.4 is 4.59 Å². The third kappa shape index (κ3) is 1.78. The molecule has 0 spiro atoms. The van der Waals surface area contributed by atoms with Crippen LogP contribution >= 0.6 is 0 Å². The van der Waals surface area contributed by atoms with E-state index in [9.17, 15) is 0 Å². The molecular weight excluding hydrogens is 160 g/mol. The summed E-state index contributed by atoms with van der Waals surface area (Å²) < 4.78 is 0.621. The molecule has 0 N–H and O–H groups in total. The SMILES string of the molecule is CC.C[N+]1(C)N=Cc2ccccc21. The first-order valence-electron chi connectivity index (χ1n) is 4.69. The summed E-state index contributed by atoms with van der Waals surface area (Å²) in [5, 5.41) is 4.35. The van der Waals surface area contributed by atoms with Gasteiger partial charge in [0.25, 0.3) is 0 Å². The molecule has 1 aliphatic rings. The minimum atomic E-state index is 0.621. The maximum atomic E-state index is 4.35. The molecule has 2 heteroatoms. The molecule has 0 saturated heterocycles. The zero-order chi connectivity index (χ0) is 9.90. The number of nitrogens with zero attached hydrogens (tertiary/aromatic N) is 2. The minimum Gasteiger partial charge on any atom is -0.170 e. The molecule has 0 atom stereocenters. The molecular formula is C11H17N2+. The molecule has 1 aliphatic heterocycles. The van der Waals surface area contributed by atoms with Crippen molar-refractivity contribution in [3.05, 3.63) is 29.8 Å². The van der Waals surface area contributed by atoms with Crippen molar-refractivity contribution in [3.63, 3.8) is 0 Å². The molecule has 1 heterocycles. The third-order valence-electron chi connectivity index (χ3n) is 2.01. The smallest absolute Gasteiger partial charge is 0.167 e. The van der Waals surface area contributed by atoms with Crippen LogP contribution in [-0.4, -0.2) is 20.3 Å². The summed E-state index contributed by atoms with van der Waals surface area (Å²) in [6.07, 6.45) is 1.93. The second kappa shape index (κ2) is 3.71. The van der Waals surface area contributed by atoms with Crippen LogP contribution in [0.15, 0.2) is 29.4 Å². The van der Waals surface area contributed by atoms with Crippen LogP contribution in [-0.2, 0) is 0 Å². The van der Waals surface area contributed by atoms with E-state index in [2.05, 4.69) is 31.3 Å². The zero-order valence-electron chi connectivity index (χ0n) is 8.78. The van der Waals surface area contributed by atoms with E-state index in [1.54, 1.807) is 0 Å². The number of benzene rings is 1. The fraction of sp³-hybridized carbons (Fsp3) is 0.364. The van der Waals surface area contributed by atoms with Crippen molar-refractivity contribution in [1.82, 2.24) is 4.59 Å². The standard InChI is InChI=1S/C9H11N2.C2H6/c1-11(2)9-6-4-3-5-8(9)7-10-11;1-2/h3-7H,1-2H3;1-2H3/q+1;. The zero-order valence-corrected chi connectivity index (χ0v) is 8.78. The number of rotatable bonds is 0. The maximum Gasteiger partial charge on any atom is 0.167 e. The van der Waals surface area contributed by atoms with Gasteiger partial charge in [-0.3, -0.25) is 0 Å². The Hall–Kier alpha value is -1.15. The molecule has 0 bridgehead atoms. The summed E-state index contributed by atoms with van der Waals surface area (Å²) in [6, 6.07) is 8.29. The van der Waals surface area contributed by atoms with Gasteiger partial charge in [0.1, 0.15) is 0 Å². The summed E-state index contributed by atoms with van der Waals surface area (Å²) in [7, 11) is 4.14. The number of hydrogen-bond acceptors (Lipinski definition) is 1. The van der Waals surface area contributed by atoms with Gasteiger partial charge in [0, 0.05) is 6.07 Å². The highest BCUT2D eigenvalue weighted by Gasteiger charge is 2.26. The van der Waals surface area contributed by atoms with Crippen LogP contribution in [0.2, 0.25) is 0 Å². The molecule has 0 amide bonds. The average molecular weight is 177 g/mol. The lowest BCUT2D eigenvalue weighted by Gasteiger charge is -2.17. The van der Waals surface area contributed by atoms with E-state index in [0.29, 0.717) is 4.59 Å². The molecule has 0 fully saturated rings. The Balaban J connectivity index is 0.000000396. The van der Waals surface area contributed by atoms with Crippen LogP contribution in [0.3, 0.4) is 0 Å². The van der Waals surface area contributed by atoms with Gasteiger partial charge in [0.05, 0.1) is 25.9 Å². The second-order valence-electron chi connectivity index (χ2n) is 3.20. The first kappa shape index (κ1) is 9.93. The molecule has 0 unspecified atom stereocenters. The molecule has 0 aromatic heterocycles. The Morgan fingerprint density at radius 1 is 1.08 bits per heavy atom. The molecule has 0 saturated carbocycles. The highest BCUT2D eigenvalue weighted by atomic mass is 15.6. The normalized spacial score (nSPS) is 16.0. The van der Waals surface area contributed by atoms with E-state index < -0.39 is 0 Å². The Kier molecular flexibility index (Phi) is 2.83. The number of hydrogen-bond donors (Lipinski definition) is 0. The van der Waals surface area contributed by atoms with Crippen molar-refractivity contribution in [3.8, 4) is 0 Å². The lowest BCUT2D eigenvalue weighted by molar-refractivity contribution is 0.435. The van der Waals surface area contributed by atoms with Crippen molar-refractivity contribution >= 4 is 11.9 Å². The van der Waals surface area contributed by atoms with Crippen LogP contribution in [0.5, 0.6) is 0 Å². The lowest BCUT2D eigenvalue weighted by Crippen LogP contribution is -2.31. The fourth-order valence-electron chi connectivity index (χ4n) is 1.36. The van der Waals surface area contributed by atoms with Crippen molar-refractivity contribution in [1.29, 1.82) is 0 Å². The molecule has 1 aromatic carbocycles. The van der Waals surface area contributed by atoms with Crippen LogP contribution in [0.4, 0.5) is 5.69 Å². The number of para-hydroxylation sites is 1. The minimum absolute atomic E-state index is 0.621. The predicted molar refractivity (Wildman–Crippen MR) is 59.0 cm³/mol. The van der Waals surface area contributed by atoms with Gasteiger partial charge in [0.2, 0.25) is 0 Å². The highest BCUT2D eigenvalue weighted by molar-refractivity contribution is 5.90. The van der Waals surface area contributed by atoms with E-state index in [4.69, 9.17) is 0 Å². The summed E-state index contributed by atoms with van der Waals surface area (Å²) >= 11 is 0. The van der Waals surface area contributed by atoms with E-state index in [1.165, 1.54) is 11.3 Å². The third-order valence-corrected chi connectivity index (χ3v) is 2.01. The van der Waals surface area contributed by atoms with Crippen molar-refractivity contribution in [2.75, 3.05) is 14.1 Å². The van der Waals surface area contributed by atoms with Crippen molar-refractivity contribution in [2.24, 2.45) is 5.10 Å².